The summed E-state index contributed by atoms with van der Waals surface area (Å²) in [5.41, 5.74) is 0. The third-order valence-electron chi connectivity index (χ3n) is 2.96. The predicted molar refractivity (Wildman–Crippen MR) is 60.9 cm³/mol. The molecule has 2 atom stereocenters. The van der Waals surface area contributed by atoms with Gasteiger partial charge in [-0.15, -0.1) is 0 Å². The van der Waals surface area contributed by atoms with Crippen LogP contribution >= 0.6 is 15.9 Å². The number of nitrogens with one attached hydrogen (secondary N) is 1. The number of ketones is 1. The van der Waals surface area contributed by atoms with Crippen LogP contribution in [0.1, 0.15) is 23.9 Å². The third-order valence-corrected chi connectivity index (χ3v) is 3.59. The highest BCUT2D eigenvalue weighted by Gasteiger charge is 2.30. The second-order valence-corrected chi connectivity index (χ2v) is 4.89. The van der Waals surface area contributed by atoms with Gasteiger partial charge in [-0.2, -0.15) is 0 Å². The van der Waals surface area contributed by atoms with E-state index in [0.29, 0.717) is 11.7 Å². The Kier molecular flexibility index (Phi) is 3.26. The maximum Gasteiger partial charge on any atom is 0.202 e. The largest absolute Gasteiger partial charge is 0.460 e. The van der Waals surface area contributed by atoms with Crippen LogP contribution in [0, 0.1) is 11.8 Å². The molecule has 0 radical (unpaired) electrons. The average Bonchev–Trinajstić information content (AvgIpc) is 2.64. The van der Waals surface area contributed by atoms with Crippen LogP contribution in [0.5, 0.6) is 0 Å². The molecule has 0 aliphatic carbocycles. The van der Waals surface area contributed by atoms with E-state index in [2.05, 4.69) is 28.2 Å². The molecule has 1 saturated heterocycles. The minimum Gasteiger partial charge on any atom is -0.460 e. The third kappa shape index (κ3) is 2.16. The summed E-state index contributed by atoms with van der Waals surface area (Å²) >= 11 is 3.32. The van der Waals surface area contributed by atoms with E-state index in [9.17, 15) is 4.79 Å². The summed E-state index contributed by atoms with van der Waals surface area (Å²) in [5, 5.41) is 3.28. The fraction of sp³-hybridized carbons (Fsp3) is 0.545. The fourth-order valence-electron chi connectivity index (χ4n) is 2.04. The van der Waals surface area contributed by atoms with Gasteiger partial charge in [0.1, 0.15) is 0 Å². The molecule has 1 aromatic rings. The van der Waals surface area contributed by atoms with Gasteiger partial charge in [-0.05, 0) is 47.4 Å². The molecule has 4 heteroatoms. The summed E-state index contributed by atoms with van der Waals surface area (Å²) in [6, 6.07) is 1.76. The Labute approximate surface area is 97.4 Å². The van der Waals surface area contributed by atoms with Crippen molar-refractivity contribution in [2.45, 2.75) is 13.3 Å². The van der Waals surface area contributed by atoms with Crippen LogP contribution in [-0.2, 0) is 0 Å². The SMILES string of the molecule is CC1CNCCC1C(=O)c1occc1Br. The molecule has 1 fully saturated rings. The summed E-state index contributed by atoms with van der Waals surface area (Å²) in [5.74, 6) is 1.06. The summed E-state index contributed by atoms with van der Waals surface area (Å²) in [4.78, 5) is 12.1. The van der Waals surface area contributed by atoms with Crippen molar-refractivity contribution in [2.24, 2.45) is 11.8 Å². The summed E-state index contributed by atoms with van der Waals surface area (Å²) < 4.78 is 5.97. The molecule has 3 nitrogen and oxygen atoms in total. The van der Waals surface area contributed by atoms with E-state index in [4.69, 9.17) is 4.42 Å². The van der Waals surface area contributed by atoms with Crippen LogP contribution in [0.25, 0.3) is 0 Å². The van der Waals surface area contributed by atoms with E-state index >= 15 is 0 Å². The van der Waals surface area contributed by atoms with E-state index in [-0.39, 0.29) is 11.7 Å². The number of hydrogen-bond donors (Lipinski definition) is 1. The Morgan fingerprint density at radius 1 is 1.67 bits per heavy atom. The van der Waals surface area contributed by atoms with Gasteiger partial charge in [0.25, 0.3) is 0 Å². The minimum atomic E-state index is 0.0914. The lowest BCUT2D eigenvalue weighted by molar-refractivity contribution is 0.0818. The van der Waals surface area contributed by atoms with Crippen LogP contribution in [0.3, 0.4) is 0 Å². The molecule has 2 heterocycles. The van der Waals surface area contributed by atoms with Crippen molar-refractivity contribution in [2.75, 3.05) is 13.1 Å². The van der Waals surface area contributed by atoms with Gasteiger partial charge in [-0.25, -0.2) is 0 Å². The minimum absolute atomic E-state index is 0.0914. The van der Waals surface area contributed by atoms with Crippen molar-refractivity contribution in [1.29, 1.82) is 0 Å². The first-order chi connectivity index (χ1) is 7.20. The monoisotopic (exact) mass is 271 g/mol. The number of carbonyl (C=O) groups excluding carboxylic acids is 1. The number of hydrogen-bond acceptors (Lipinski definition) is 3. The van der Waals surface area contributed by atoms with Gasteiger partial charge in [-0.1, -0.05) is 6.92 Å². The fourth-order valence-corrected chi connectivity index (χ4v) is 2.44. The number of Topliss-reactive ketones (excluding diaryl/α,β-unsaturated/α-hetero) is 1. The second-order valence-electron chi connectivity index (χ2n) is 4.04. The van der Waals surface area contributed by atoms with Crippen molar-refractivity contribution in [3.63, 3.8) is 0 Å². The highest BCUT2D eigenvalue weighted by atomic mass is 79.9. The quantitative estimate of drug-likeness (QED) is 0.841. The van der Waals surface area contributed by atoms with Crippen molar-refractivity contribution < 1.29 is 9.21 Å². The van der Waals surface area contributed by atoms with Crippen LogP contribution in [-0.4, -0.2) is 18.9 Å². The molecule has 82 valence electrons. The van der Waals surface area contributed by atoms with E-state index in [0.717, 1.165) is 24.0 Å². The zero-order valence-electron chi connectivity index (χ0n) is 8.63. The molecule has 0 spiro atoms. The van der Waals surface area contributed by atoms with E-state index in [1.54, 1.807) is 12.3 Å². The Bertz CT molecular complexity index is 361. The van der Waals surface area contributed by atoms with Gasteiger partial charge < -0.3 is 9.73 Å². The lowest BCUT2D eigenvalue weighted by Crippen LogP contribution is -2.38. The topological polar surface area (TPSA) is 42.2 Å². The van der Waals surface area contributed by atoms with E-state index < -0.39 is 0 Å². The average molecular weight is 272 g/mol. The highest BCUT2D eigenvalue weighted by molar-refractivity contribution is 9.10. The van der Waals surface area contributed by atoms with Crippen LogP contribution in [0.4, 0.5) is 0 Å². The predicted octanol–water partition coefficient (Wildman–Crippen LogP) is 2.47. The van der Waals surface area contributed by atoms with Gasteiger partial charge in [0.2, 0.25) is 5.78 Å². The Balaban J connectivity index is 2.17. The molecule has 15 heavy (non-hydrogen) atoms. The van der Waals surface area contributed by atoms with E-state index in [1.807, 2.05) is 0 Å². The van der Waals surface area contributed by atoms with Crippen molar-refractivity contribution in [3.05, 3.63) is 22.6 Å². The van der Waals surface area contributed by atoms with Crippen molar-refractivity contribution >= 4 is 21.7 Å². The second kappa shape index (κ2) is 4.49. The first-order valence-corrected chi connectivity index (χ1v) is 5.97. The van der Waals surface area contributed by atoms with Gasteiger partial charge >= 0.3 is 0 Å². The number of furan rings is 1. The zero-order valence-corrected chi connectivity index (χ0v) is 10.2. The molecule has 2 rings (SSSR count). The molecule has 2 unspecified atom stereocenters. The molecule has 0 bridgehead atoms. The Morgan fingerprint density at radius 3 is 3.07 bits per heavy atom. The molecule has 1 aliphatic heterocycles. The smallest absolute Gasteiger partial charge is 0.202 e. The van der Waals surface area contributed by atoms with Gasteiger partial charge in [0.15, 0.2) is 5.76 Å². The molecular weight excluding hydrogens is 258 g/mol. The number of halogens is 1. The van der Waals surface area contributed by atoms with Crippen LogP contribution in [0.2, 0.25) is 0 Å². The van der Waals surface area contributed by atoms with Crippen molar-refractivity contribution in [1.82, 2.24) is 5.32 Å². The van der Waals surface area contributed by atoms with Crippen molar-refractivity contribution in [3.8, 4) is 0 Å². The molecule has 0 aromatic carbocycles. The van der Waals surface area contributed by atoms with Crippen LogP contribution < -0.4 is 5.32 Å². The summed E-state index contributed by atoms with van der Waals surface area (Å²) in [6.45, 7) is 3.93. The summed E-state index contributed by atoms with van der Waals surface area (Å²) in [7, 11) is 0. The first-order valence-electron chi connectivity index (χ1n) is 5.18. The van der Waals surface area contributed by atoms with Crippen LogP contribution in [0.15, 0.2) is 21.2 Å². The molecule has 1 N–H and O–H groups in total. The summed E-state index contributed by atoms with van der Waals surface area (Å²) in [6.07, 6.45) is 2.44. The maximum atomic E-state index is 12.1. The first kappa shape index (κ1) is 10.9. The highest BCUT2D eigenvalue weighted by Crippen LogP contribution is 2.27. The zero-order chi connectivity index (χ0) is 10.8. The molecule has 1 aromatic heterocycles. The molecule has 1 aliphatic rings. The van der Waals surface area contributed by atoms with Gasteiger partial charge in [-0.3, -0.25) is 4.79 Å². The van der Waals surface area contributed by atoms with Gasteiger partial charge in [0, 0.05) is 5.92 Å². The number of carbonyl (C=O) groups is 1. The van der Waals surface area contributed by atoms with E-state index in [1.165, 1.54) is 0 Å². The Morgan fingerprint density at radius 2 is 2.47 bits per heavy atom. The lowest BCUT2D eigenvalue weighted by Gasteiger charge is -2.27. The molecule has 0 saturated carbocycles. The lowest BCUT2D eigenvalue weighted by atomic mass is 9.84. The number of rotatable bonds is 2. The normalized spacial score (nSPS) is 26.5. The Hall–Kier alpha value is -0.610. The molecular formula is C11H14BrNO2. The standard InChI is InChI=1S/C11H14BrNO2/c1-7-6-13-4-2-8(7)10(14)11-9(12)3-5-15-11/h3,5,7-8,13H,2,4,6H2,1H3. The number of piperidine rings is 1. The van der Waals surface area contributed by atoms with Gasteiger partial charge in [0.05, 0.1) is 10.7 Å². The maximum absolute atomic E-state index is 12.1. The molecule has 0 amide bonds.